The van der Waals surface area contributed by atoms with E-state index in [1.165, 1.54) is 12.2 Å². The van der Waals surface area contributed by atoms with Gasteiger partial charge in [0.1, 0.15) is 6.07 Å². The summed E-state index contributed by atoms with van der Waals surface area (Å²) in [7, 11) is 0. The molecule has 3 heterocycles. The van der Waals surface area contributed by atoms with Crippen LogP contribution in [0.15, 0.2) is 18.3 Å². The maximum atomic E-state index is 8.88. The normalized spacial score (nSPS) is 20.1. The van der Waals surface area contributed by atoms with Crippen molar-refractivity contribution < 1.29 is 0 Å². The van der Waals surface area contributed by atoms with Crippen LogP contribution in [0, 0.1) is 11.3 Å². The molecular formula is C11H10N4S. The fourth-order valence-corrected chi connectivity index (χ4v) is 3.24. The van der Waals surface area contributed by atoms with Gasteiger partial charge in [-0.25, -0.2) is 0 Å². The van der Waals surface area contributed by atoms with Crippen molar-refractivity contribution in [1.82, 2.24) is 14.6 Å². The van der Waals surface area contributed by atoms with Crippen LogP contribution < -0.4 is 0 Å². The van der Waals surface area contributed by atoms with E-state index < -0.39 is 0 Å². The van der Waals surface area contributed by atoms with Crippen LogP contribution in [0.25, 0.3) is 5.65 Å². The molecule has 0 aromatic carbocycles. The summed E-state index contributed by atoms with van der Waals surface area (Å²) in [5.41, 5.74) is 1.47. The highest BCUT2D eigenvalue weighted by molar-refractivity contribution is 7.99. The quantitative estimate of drug-likeness (QED) is 0.753. The van der Waals surface area contributed by atoms with E-state index >= 15 is 0 Å². The molecule has 0 spiro atoms. The van der Waals surface area contributed by atoms with Crippen LogP contribution in [-0.2, 0) is 0 Å². The summed E-state index contributed by atoms with van der Waals surface area (Å²) in [4.78, 5) is 0. The van der Waals surface area contributed by atoms with Crippen molar-refractivity contribution in [1.29, 1.82) is 5.26 Å². The molecule has 1 fully saturated rings. The zero-order chi connectivity index (χ0) is 11.0. The topological polar surface area (TPSA) is 54.0 Å². The molecule has 4 nitrogen and oxygen atoms in total. The largest absolute Gasteiger partial charge is 0.284 e. The second-order valence-electron chi connectivity index (χ2n) is 3.82. The summed E-state index contributed by atoms with van der Waals surface area (Å²) in [5, 5.41) is 17.7. The Hall–Kier alpha value is -1.54. The molecule has 0 radical (unpaired) electrons. The summed E-state index contributed by atoms with van der Waals surface area (Å²) >= 11 is 1.92. The Kier molecular flexibility index (Phi) is 2.29. The predicted octanol–water partition coefficient (Wildman–Crippen LogP) is 2.17. The minimum Gasteiger partial charge on any atom is -0.284 e. The third kappa shape index (κ3) is 1.46. The summed E-state index contributed by atoms with van der Waals surface area (Å²) < 4.78 is 1.95. The molecule has 1 saturated heterocycles. The van der Waals surface area contributed by atoms with E-state index in [1.54, 1.807) is 6.07 Å². The molecule has 1 aliphatic rings. The van der Waals surface area contributed by atoms with Crippen molar-refractivity contribution in [2.45, 2.75) is 18.1 Å². The minimum atomic E-state index is 0.434. The third-order valence-corrected chi connectivity index (χ3v) is 4.15. The number of pyridine rings is 1. The van der Waals surface area contributed by atoms with Crippen molar-refractivity contribution in [2.24, 2.45) is 0 Å². The molecular weight excluding hydrogens is 220 g/mol. The highest BCUT2D eigenvalue weighted by Crippen LogP contribution is 2.38. The van der Waals surface area contributed by atoms with Crippen LogP contribution >= 0.6 is 11.8 Å². The van der Waals surface area contributed by atoms with E-state index in [-0.39, 0.29) is 0 Å². The van der Waals surface area contributed by atoms with Gasteiger partial charge in [-0.05, 0) is 30.7 Å². The molecule has 5 heteroatoms. The van der Waals surface area contributed by atoms with Crippen LogP contribution in [0.2, 0.25) is 0 Å². The van der Waals surface area contributed by atoms with Gasteiger partial charge in [-0.1, -0.05) is 0 Å². The average Bonchev–Trinajstić information content (AvgIpc) is 2.96. The number of aromatic nitrogens is 3. The standard InChI is InChI=1S/C11H10N4S/c12-6-8-3-4-10-13-14-11(15(10)7-8)9-2-1-5-16-9/h3-4,7,9H,1-2,5H2. The van der Waals surface area contributed by atoms with Crippen LogP contribution in [0.3, 0.4) is 0 Å². The van der Waals surface area contributed by atoms with E-state index in [4.69, 9.17) is 5.26 Å². The van der Waals surface area contributed by atoms with E-state index in [2.05, 4.69) is 16.3 Å². The fraction of sp³-hybridized carbons (Fsp3) is 0.364. The van der Waals surface area contributed by atoms with Crippen molar-refractivity contribution in [3.8, 4) is 6.07 Å². The molecule has 0 bridgehead atoms. The lowest BCUT2D eigenvalue weighted by atomic mass is 10.2. The van der Waals surface area contributed by atoms with Gasteiger partial charge in [0, 0.05) is 6.20 Å². The van der Waals surface area contributed by atoms with Gasteiger partial charge >= 0.3 is 0 Å². The fourth-order valence-electron chi connectivity index (χ4n) is 1.98. The maximum Gasteiger partial charge on any atom is 0.160 e. The Morgan fingerprint density at radius 2 is 2.38 bits per heavy atom. The number of rotatable bonds is 1. The van der Waals surface area contributed by atoms with Crippen LogP contribution in [0.4, 0.5) is 0 Å². The SMILES string of the molecule is N#Cc1ccc2nnc(C3CCCS3)n2c1. The van der Waals surface area contributed by atoms with E-state index in [1.807, 2.05) is 28.4 Å². The molecule has 0 aliphatic carbocycles. The molecule has 3 rings (SSSR count). The summed E-state index contributed by atoms with van der Waals surface area (Å²) in [6, 6.07) is 5.76. The number of nitriles is 1. The molecule has 0 amide bonds. The zero-order valence-electron chi connectivity index (χ0n) is 8.63. The summed E-state index contributed by atoms with van der Waals surface area (Å²) in [6.45, 7) is 0. The van der Waals surface area contributed by atoms with Gasteiger partial charge in [0.2, 0.25) is 0 Å². The van der Waals surface area contributed by atoms with E-state index in [0.717, 1.165) is 17.9 Å². The maximum absolute atomic E-state index is 8.88. The lowest BCUT2D eigenvalue weighted by molar-refractivity contribution is 0.766. The van der Waals surface area contributed by atoms with E-state index in [9.17, 15) is 0 Å². The Morgan fingerprint density at radius 3 is 3.12 bits per heavy atom. The van der Waals surface area contributed by atoms with Gasteiger partial charge < -0.3 is 0 Å². The zero-order valence-corrected chi connectivity index (χ0v) is 9.44. The molecule has 0 N–H and O–H groups in total. The van der Waals surface area contributed by atoms with Crippen LogP contribution in [0.5, 0.6) is 0 Å². The smallest absolute Gasteiger partial charge is 0.160 e. The predicted molar refractivity (Wildman–Crippen MR) is 62.1 cm³/mol. The van der Waals surface area contributed by atoms with Crippen LogP contribution in [0.1, 0.15) is 29.5 Å². The number of fused-ring (bicyclic) bond motifs is 1. The molecule has 2 aromatic heterocycles. The Morgan fingerprint density at radius 1 is 1.44 bits per heavy atom. The Labute approximate surface area is 97.3 Å². The first-order valence-electron chi connectivity index (χ1n) is 5.25. The summed E-state index contributed by atoms with van der Waals surface area (Å²) in [6.07, 6.45) is 4.22. The third-order valence-electron chi connectivity index (χ3n) is 2.78. The summed E-state index contributed by atoms with van der Waals surface area (Å²) in [5.74, 6) is 2.17. The van der Waals surface area contributed by atoms with Crippen molar-refractivity contribution in [2.75, 3.05) is 5.75 Å². The van der Waals surface area contributed by atoms with Crippen LogP contribution in [-0.4, -0.2) is 20.4 Å². The molecule has 16 heavy (non-hydrogen) atoms. The van der Waals surface area contributed by atoms with E-state index in [0.29, 0.717) is 10.8 Å². The highest BCUT2D eigenvalue weighted by Gasteiger charge is 2.22. The monoisotopic (exact) mass is 230 g/mol. The second-order valence-corrected chi connectivity index (χ2v) is 5.13. The molecule has 2 aromatic rings. The van der Waals surface area contributed by atoms with Gasteiger partial charge in [-0.2, -0.15) is 17.0 Å². The van der Waals surface area contributed by atoms with Gasteiger partial charge in [-0.15, -0.1) is 10.2 Å². The second kappa shape index (κ2) is 3.80. The lowest BCUT2D eigenvalue weighted by Gasteiger charge is -2.05. The molecule has 80 valence electrons. The Bertz CT molecular complexity index is 563. The molecule has 0 saturated carbocycles. The first-order chi connectivity index (χ1) is 7.88. The molecule has 1 unspecified atom stereocenters. The first kappa shape index (κ1) is 9.67. The highest BCUT2D eigenvalue weighted by atomic mass is 32.2. The van der Waals surface area contributed by atoms with Gasteiger partial charge in [-0.3, -0.25) is 4.40 Å². The van der Waals surface area contributed by atoms with Gasteiger partial charge in [0.15, 0.2) is 11.5 Å². The lowest BCUT2D eigenvalue weighted by Crippen LogP contribution is -1.98. The van der Waals surface area contributed by atoms with Crippen molar-refractivity contribution >= 4 is 17.4 Å². The minimum absolute atomic E-state index is 0.434. The Balaban J connectivity index is 2.14. The number of hydrogen-bond acceptors (Lipinski definition) is 4. The van der Waals surface area contributed by atoms with Crippen molar-refractivity contribution in [3.63, 3.8) is 0 Å². The number of hydrogen-bond donors (Lipinski definition) is 0. The number of thioether (sulfide) groups is 1. The van der Waals surface area contributed by atoms with Crippen molar-refractivity contribution in [3.05, 3.63) is 29.7 Å². The number of nitrogens with zero attached hydrogens (tertiary/aromatic N) is 4. The molecule has 1 aliphatic heterocycles. The van der Waals surface area contributed by atoms with Gasteiger partial charge in [0.05, 0.1) is 10.8 Å². The first-order valence-corrected chi connectivity index (χ1v) is 6.30. The van der Waals surface area contributed by atoms with Gasteiger partial charge in [0.25, 0.3) is 0 Å². The molecule has 1 atom stereocenters. The average molecular weight is 230 g/mol.